The summed E-state index contributed by atoms with van der Waals surface area (Å²) in [7, 11) is 0. The van der Waals surface area contributed by atoms with Crippen molar-refractivity contribution in [2.24, 2.45) is 0 Å². The third-order valence-corrected chi connectivity index (χ3v) is 5.17. The van der Waals surface area contributed by atoms with E-state index >= 15 is 0 Å². The fourth-order valence-electron chi connectivity index (χ4n) is 3.20. The summed E-state index contributed by atoms with van der Waals surface area (Å²) >= 11 is 1.70. The van der Waals surface area contributed by atoms with E-state index in [2.05, 4.69) is 32.7 Å². The lowest BCUT2D eigenvalue weighted by molar-refractivity contribution is 0.725. The molecule has 0 amide bonds. The number of fused-ring (bicyclic) bond motifs is 1. The molecule has 2 unspecified atom stereocenters. The van der Waals surface area contributed by atoms with Crippen molar-refractivity contribution in [1.29, 1.82) is 0 Å². The molecule has 0 radical (unpaired) electrons. The van der Waals surface area contributed by atoms with E-state index in [1.54, 1.807) is 11.3 Å². The van der Waals surface area contributed by atoms with Crippen molar-refractivity contribution in [3.05, 3.63) is 39.6 Å². The van der Waals surface area contributed by atoms with Gasteiger partial charge < -0.3 is 10.6 Å². The Balaban J connectivity index is 1.40. The second kappa shape index (κ2) is 5.73. The van der Waals surface area contributed by atoms with Gasteiger partial charge in [0, 0.05) is 28.8 Å². The highest BCUT2D eigenvalue weighted by Crippen LogP contribution is 2.28. The Kier molecular flexibility index (Phi) is 3.57. The number of nitrogens with zero attached hydrogens (tertiary/aromatic N) is 1. The first-order valence-corrected chi connectivity index (χ1v) is 8.65. The largest absolute Gasteiger partial charge is 0.382 e. The zero-order valence-corrected chi connectivity index (χ0v) is 13.7. The van der Waals surface area contributed by atoms with Crippen LogP contribution in [0.25, 0.3) is 10.9 Å². The van der Waals surface area contributed by atoms with E-state index in [0.29, 0.717) is 17.5 Å². The summed E-state index contributed by atoms with van der Waals surface area (Å²) in [6, 6.07) is 6.72. The highest BCUT2D eigenvalue weighted by molar-refractivity contribution is 7.15. The first kappa shape index (κ1) is 14.3. The quantitative estimate of drug-likeness (QED) is 0.592. The third kappa shape index (κ3) is 2.96. The Morgan fingerprint density at radius 2 is 2.04 bits per heavy atom. The number of thiazole rings is 1. The van der Waals surface area contributed by atoms with Crippen molar-refractivity contribution in [3.63, 3.8) is 0 Å². The fraction of sp³-hybridized carbons (Fsp3) is 0.375. The molecule has 0 bridgehead atoms. The van der Waals surface area contributed by atoms with Crippen LogP contribution in [0.2, 0.25) is 0 Å². The molecular weight excluding hydrogens is 310 g/mol. The molecule has 2 aromatic heterocycles. The van der Waals surface area contributed by atoms with Crippen LogP contribution in [0.5, 0.6) is 0 Å². The zero-order chi connectivity index (χ0) is 15.8. The molecule has 0 saturated heterocycles. The summed E-state index contributed by atoms with van der Waals surface area (Å²) in [6.07, 6.45) is 5.24. The van der Waals surface area contributed by atoms with E-state index in [-0.39, 0.29) is 5.56 Å². The number of anilines is 2. The number of H-pyrrole nitrogens is 2. The number of rotatable bonds is 4. The van der Waals surface area contributed by atoms with Crippen LogP contribution < -0.4 is 16.2 Å². The van der Waals surface area contributed by atoms with Gasteiger partial charge in [0.15, 0.2) is 5.13 Å². The van der Waals surface area contributed by atoms with Gasteiger partial charge >= 0.3 is 0 Å². The first-order valence-electron chi connectivity index (χ1n) is 7.83. The minimum absolute atomic E-state index is 0.0737. The second-order valence-electron chi connectivity index (χ2n) is 6.11. The number of aromatic amines is 2. The molecule has 120 valence electrons. The van der Waals surface area contributed by atoms with E-state index < -0.39 is 0 Å². The van der Waals surface area contributed by atoms with Crippen LogP contribution >= 0.6 is 11.3 Å². The summed E-state index contributed by atoms with van der Waals surface area (Å²) in [5.41, 5.74) is 1.81. The monoisotopic (exact) mass is 329 g/mol. The van der Waals surface area contributed by atoms with Gasteiger partial charge in [-0.05, 0) is 44.4 Å². The van der Waals surface area contributed by atoms with Gasteiger partial charge in [-0.2, -0.15) is 0 Å². The zero-order valence-electron chi connectivity index (χ0n) is 12.8. The van der Waals surface area contributed by atoms with Gasteiger partial charge in [0.1, 0.15) is 0 Å². The molecule has 7 heteroatoms. The molecule has 1 aromatic carbocycles. The fourth-order valence-corrected chi connectivity index (χ4v) is 3.94. The van der Waals surface area contributed by atoms with Crippen LogP contribution in [-0.2, 0) is 0 Å². The van der Waals surface area contributed by atoms with Crippen molar-refractivity contribution >= 4 is 33.1 Å². The number of benzene rings is 1. The molecule has 1 aliphatic rings. The summed E-state index contributed by atoms with van der Waals surface area (Å²) in [4.78, 5) is 17.1. The maximum atomic E-state index is 11.5. The van der Waals surface area contributed by atoms with E-state index in [1.807, 2.05) is 24.4 Å². The van der Waals surface area contributed by atoms with Crippen molar-refractivity contribution in [2.45, 2.75) is 38.3 Å². The Hall–Kier alpha value is -2.28. The average molecular weight is 329 g/mol. The second-order valence-corrected chi connectivity index (χ2v) is 7.35. The lowest BCUT2D eigenvalue weighted by atomic mass is 10.2. The number of aryl methyl sites for hydroxylation is 1. The lowest BCUT2D eigenvalue weighted by Crippen LogP contribution is -2.20. The molecule has 2 heterocycles. The molecule has 1 fully saturated rings. The molecule has 1 saturated carbocycles. The average Bonchev–Trinajstić information content (AvgIpc) is 3.23. The highest BCUT2D eigenvalue weighted by atomic mass is 32.1. The summed E-state index contributed by atoms with van der Waals surface area (Å²) < 4.78 is 0. The smallest absolute Gasteiger partial charge is 0.271 e. The van der Waals surface area contributed by atoms with Crippen LogP contribution in [0.4, 0.5) is 10.8 Å². The maximum absolute atomic E-state index is 11.5. The highest BCUT2D eigenvalue weighted by Gasteiger charge is 2.25. The van der Waals surface area contributed by atoms with E-state index in [1.165, 1.54) is 4.88 Å². The minimum atomic E-state index is -0.0737. The van der Waals surface area contributed by atoms with Gasteiger partial charge in [-0.1, -0.05) is 0 Å². The van der Waals surface area contributed by atoms with Gasteiger partial charge in [-0.15, -0.1) is 11.3 Å². The minimum Gasteiger partial charge on any atom is -0.382 e. The number of hydrogen-bond donors (Lipinski definition) is 4. The molecule has 23 heavy (non-hydrogen) atoms. The van der Waals surface area contributed by atoms with E-state index in [4.69, 9.17) is 0 Å². The molecule has 4 N–H and O–H groups in total. The maximum Gasteiger partial charge on any atom is 0.271 e. The molecule has 3 aromatic rings. The predicted octanol–water partition coefficient (Wildman–Crippen LogP) is 3.07. The number of aromatic nitrogens is 3. The normalized spacial score (nSPS) is 20.9. The SMILES string of the molecule is Cc1cnc(NC2CCC(Nc3ccc4c(=O)[nH][nH]c4c3)C2)s1. The lowest BCUT2D eigenvalue weighted by Gasteiger charge is -2.15. The molecule has 0 aliphatic heterocycles. The van der Waals surface area contributed by atoms with E-state index in [9.17, 15) is 4.79 Å². The standard InChI is InChI=1S/C16H19N5OS/c1-9-8-17-16(23-9)19-11-3-2-10(6-11)18-12-4-5-13-14(7-12)20-21-15(13)22/h4-5,7-8,10-11,18H,2-3,6H2,1H3,(H,17,19)(H2,20,21,22). The topological polar surface area (TPSA) is 85.6 Å². The van der Waals surface area contributed by atoms with Crippen LogP contribution in [0.3, 0.4) is 0 Å². The molecule has 2 atom stereocenters. The van der Waals surface area contributed by atoms with Crippen LogP contribution in [0, 0.1) is 6.92 Å². The van der Waals surface area contributed by atoms with Crippen molar-refractivity contribution < 1.29 is 0 Å². The summed E-state index contributed by atoms with van der Waals surface area (Å²) in [6.45, 7) is 2.07. The number of nitrogens with one attached hydrogen (secondary N) is 4. The van der Waals surface area contributed by atoms with Crippen LogP contribution in [0.1, 0.15) is 24.1 Å². The van der Waals surface area contributed by atoms with Crippen molar-refractivity contribution in [3.8, 4) is 0 Å². The molecule has 6 nitrogen and oxygen atoms in total. The van der Waals surface area contributed by atoms with Gasteiger partial charge in [-0.25, -0.2) is 4.98 Å². The van der Waals surface area contributed by atoms with Gasteiger partial charge in [-0.3, -0.25) is 15.0 Å². The molecule has 4 rings (SSSR count). The van der Waals surface area contributed by atoms with Crippen LogP contribution in [-0.4, -0.2) is 27.3 Å². The molecule has 1 aliphatic carbocycles. The Morgan fingerprint density at radius 1 is 1.22 bits per heavy atom. The first-order chi connectivity index (χ1) is 11.2. The summed E-state index contributed by atoms with van der Waals surface area (Å²) in [5, 5.41) is 14.3. The van der Waals surface area contributed by atoms with Gasteiger partial charge in [0.25, 0.3) is 5.56 Å². The van der Waals surface area contributed by atoms with Gasteiger partial charge in [0.05, 0.1) is 10.9 Å². The molecular formula is C16H19N5OS. The predicted molar refractivity (Wildman–Crippen MR) is 94.4 cm³/mol. The summed E-state index contributed by atoms with van der Waals surface area (Å²) in [5.74, 6) is 0. The Morgan fingerprint density at radius 3 is 2.83 bits per heavy atom. The number of hydrogen-bond acceptors (Lipinski definition) is 5. The van der Waals surface area contributed by atoms with E-state index in [0.717, 1.165) is 35.6 Å². The van der Waals surface area contributed by atoms with Crippen LogP contribution in [0.15, 0.2) is 29.2 Å². The van der Waals surface area contributed by atoms with Crippen molar-refractivity contribution in [1.82, 2.24) is 15.2 Å². The van der Waals surface area contributed by atoms with Gasteiger partial charge in [0.2, 0.25) is 0 Å². The molecule has 0 spiro atoms. The Bertz CT molecular complexity index is 880. The van der Waals surface area contributed by atoms with Crippen molar-refractivity contribution in [2.75, 3.05) is 10.6 Å². The Labute approximate surface area is 137 Å². The third-order valence-electron chi connectivity index (χ3n) is 4.33.